The Hall–Kier alpha value is -3.61. The second-order valence-electron chi connectivity index (χ2n) is 6.61. The van der Waals surface area contributed by atoms with Crippen LogP contribution in [0.15, 0.2) is 61.1 Å². The van der Waals surface area contributed by atoms with Gasteiger partial charge in [0, 0.05) is 36.0 Å². The molecule has 1 aromatic heterocycles. The average molecular weight is 393 g/mol. The second-order valence-corrected chi connectivity index (χ2v) is 6.61. The Labute approximate surface area is 166 Å². The molecule has 1 unspecified atom stereocenters. The number of amides is 1. The third-order valence-electron chi connectivity index (χ3n) is 4.50. The molecule has 0 saturated heterocycles. The van der Waals surface area contributed by atoms with E-state index in [1.54, 1.807) is 30.6 Å². The largest absolute Gasteiger partial charge is 0.487 e. The minimum atomic E-state index is -0.375. The van der Waals surface area contributed by atoms with Gasteiger partial charge in [-0.05, 0) is 35.9 Å². The molecule has 0 radical (unpaired) electrons. The van der Waals surface area contributed by atoms with Crippen molar-refractivity contribution in [3.8, 4) is 17.0 Å². The first-order valence-corrected chi connectivity index (χ1v) is 9.05. The summed E-state index contributed by atoms with van der Waals surface area (Å²) in [5.41, 5.74) is 2.51. The first-order valence-electron chi connectivity index (χ1n) is 9.05. The van der Waals surface area contributed by atoms with E-state index < -0.39 is 0 Å². The molecule has 146 valence electrons. The maximum absolute atomic E-state index is 14.0. The number of halogens is 2. The normalized spacial score (nSPS) is 15.2. The van der Waals surface area contributed by atoms with Crippen molar-refractivity contribution in [1.82, 2.24) is 15.3 Å². The molecule has 7 heteroatoms. The Balaban J connectivity index is 1.40. The maximum atomic E-state index is 14.0. The molecule has 0 bridgehead atoms. The van der Waals surface area contributed by atoms with E-state index >= 15 is 0 Å². The third kappa shape index (κ3) is 4.45. The molecule has 4 rings (SSSR count). The number of benzene rings is 2. The summed E-state index contributed by atoms with van der Waals surface area (Å²) in [5.74, 6) is -0.441. The molecule has 29 heavy (non-hydrogen) atoms. The lowest BCUT2D eigenvalue weighted by molar-refractivity contribution is -0.116. The highest BCUT2D eigenvalue weighted by atomic mass is 19.1. The molecule has 0 saturated carbocycles. The van der Waals surface area contributed by atoms with E-state index in [1.807, 2.05) is 0 Å². The number of ether oxygens (including phenoxy) is 1. The van der Waals surface area contributed by atoms with Gasteiger partial charge in [0.1, 0.15) is 23.5 Å². The van der Waals surface area contributed by atoms with Crippen LogP contribution in [-0.4, -0.2) is 28.5 Å². The summed E-state index contributed by atoms with van der Waals surface area (Å²) in [5, 5.41) is 2.77. The van der Waals surface area contributed by atoms with Gasteiger partial charge in [0.2, 0.25) is 5.91 Å². The number of hydrogen-bond acceptors (Lipinski definition) is 4. The minimum Gasteiger partial charge on any atom is -0.487 e. The molecule has 2 aromatic carbocycles. The summed E-state index contributed by atoms with van der Waals surface area (Å²) in [4.78, 5) is 20.3. The SMILES string of the molecule is O=C(/C=C/c1ccc(F)cc1)NCC1Cc2cc(F)cc(-c3cnccn3)c2O1. The fraction of sp³-hybridized carbons (Fsp3) is 0.136. The van der Waals surface area contributed by atoms with E-state index in [0.717, 1.165) is 11.1 Å². The molecule has 0 spiro atoms. The Morgan fingerprint density at radius 1 is 1.17 bits per heavy atom. The van der Waals surface area contributed by atoms with Crippen molar-refractivity contribution in [1.29, 1.82) is 0 Å². The van der Waals surface area contributed by atoms with Gasteiger partial charge < -0.3 is 10.1 Å². The lowest BCUT2D eigenvalue weighted by Crippen LogP contribution is -2.33. The molecule has 5 nitrogen and oxygen atoms in total. The molecule has 0 fully saturated rings. The average Bonchev–Trinajstić information content (AvgIpc) is 3.14. The van der Waals surface area contributed by atoms with E-state index in [2.05, 4.69) is 15.3 Å². The van der Waals surface area contributed by atoms with Crippen molar-refractivity contribution in [3.05, 3.63) is 83.8 Å². The van der Waals surface area contributed by atoms with E-state index in [-0.39, 0.29) is 30.2 Å². The number of fused-ring (bicyclic) bond motifs is 1. The number of nitrogens with zero attached hydrogens (tertiary/aromatic N) is 2. The molecule has 1 aliphatic rings. The smallest absolute Gasteiger partial charge is 0.244 e. The Bertz CT molecular complexity index is 1050. The van der Waals surface area contributed by atoms with Crippen molar-refractivity contribution in [3.63, 3.8) is 0 Å². The van der Waals surface area contributed by atoms with Gasteiger partial charge in [0.05, 0.1) is 18.4 Å². The van der Waals surface area contributed by atoms with Gasteiger partial charge in [-0.25, -0.2) is 8.78 Å². The van der Waals surface area contributed by atoms with Crippen LogP contribution in [0.3, 0.4) is 0 Å². The molecule has 2 heterocycles. The van der Waals surface area contributed by atoms with Gasteiger partial charge in [0.25, 0.3) is 0 Å². The van der Waals surface area contributed by atoms with Crippen molar-refractivity contribution in [2.45, 2.75) is 12.5 Å². The Morgan fingerprint density at radius 2 is 2.00 bits per heavy atom. The predicted octanol–water partition coefficient (Wildman–Crippen LogP) is 3.55. The van der Waals surface area contributed by atoms with Crippen LogP contribution in [0.2, 0.25) is 0 Å². The standard InChI is InChI=1S/C22H17F2N3O2/c23-16-4-1-14(2-5-16)3-6-21(28)27-12-18-10-15-9-17(24)11-19(22(15)29-18)20-13-25-7-8-26-20/h1-9,11,13,18H,10,12H2,(H,27,28)/b6-3+. The fourth-order valence-electron chi connectivity index (χ4n) is 3.16. The lowest BCUT2D eigenvalue weighted by Gasteiger charge is -2.12. The van der Waals surface area contributed by atoms with Crippen molar-refractivity contribution >= 4 is 12.0 Å². The number of carbonyl (C=O) groups is 1. The summed E-state index contributed by atoms with van der Waals surface area (Å²) in [6, 6.07) is 8.63. The molecular formula is C22H17F2N3O2. The van der Waals surface area contributed by atoms with Gasteiger partial charge in [-0.2, -0.15) is 0 Å². The van der Waals surface area contributed by atoms with Crippen LogP contribution in [0.5, 0.6) is 5.75 Å². The highest BCUT2D eigenvalue weighted by Gasteiger charge is 2.27. The number of rotatable bonds is 5. The van der Waals surface area contributed by atoms with Crippen LogP contribution >= 0.6 is 0 Å². The van der Waals surface area contributed by atoms with Crippen molar-refractivity contribution in [2.24, 2.45) is 0 Å². The first kappa shape index (κ1) is 18.7. The number of carbonyl (C=O) groups excluding carboxylic acids is 1. The van der Waals surface area contributed by atoms with E-state index in [1.165, 1.54) is 36.5 Å². The highest BCUT2D eigenvalue weighted by molar-refractivity contribution is 5.91. The summed E-state index contributed by atoms with van der Waals surface area (Å²) in [6.07, 6.45) is 7.76. The first-order chi connectivity index (χ1) is 14.1. The lowest BCUT2D eigenvalue weighted by atomic mass is 10.0. The number of nitrogens with one attached hydrogen (secondary N) is 1. The maximum Gasteiger partial charge on any atom is 0.244 e. The molecule has 1 N–H and O–H groups in total. The topological polar surface area (TPSA) is 64.1 Å². The summed E-state index contributed by atoms with van der Waals surface area (Å²) < 4.78 is 32.9. The van der Waals surface area contributed by atoms with Crippen LogP contribution in [0.4, 0.5) is 8.78 Å². The zero-order valence-corrected chi connectivity index (χ0v) is 15.3. The quantitative estimate of drug-likeness (QED) is 0.674. The number of aromatic nitrogens is 2. The second kappa shape index (κ2) is 8.18. The third-order valence-corrected chi connectivity index (χ3v) is 4.50. The van der Waals surface area contributed by atoms with Gasteiger partial charge >= 0.3 is 0 Å². The monoisotopic (exact) mass is 393 g/mol. The molecule has 1 aliphatic heterocycles. The molecule has 1 atom stereocenters. The van der Waals surface area contributed by atoms with Crippen LogP contribution in [-0.2, 0) is 11.2 Å². The predicted molar refractivity (Wildman–Crippen MR) is 104 cm³/mol. The highest BCUT2D eigenvalue weighted by Crippen LogP contribution is 2.38. The van der Waals surface area contributed by atoms with Gasteiger partial charge in [-0.15, -0.1) is 0 Å². The zero-order chi connectivity index (χ0) is 20.2. The van der Waals surface area contributed by atoms with Gasteiger partial charge in [-0.3, -0.25) is 14.8 Å². The summed E-state index contributed by atoms with van der Waals surface area (Å²) in [7, 11) is 0. The van der Waals surface area contributed by atoms with Crippen LogP contribution in [0, 0.1) is 11.6 Å². The van der Waals surface area contributed by atoms with Gasteiger partial charge in [-0.1, -0.05) is 12.1 Å². The zero-order valence-electron chi connectivity index (χ0n) is 15.3. The molecule has 0 aliphatic carbocycles. The summed E-state index contributed by atoms with van der Waals surface area (Å²) >= 11 is 0. The fourth-order valence-corrected chi connectivity index (χ4v) is 3.16. The molecular weight excluding hydrogens is 376 g/mol. The molecule has 1 amide bonds. The van der Waals surface area contributed by atoms with Gasteiger partial charge in [0.15, 0.2) is 0 Å². The minimum absolute atomic E-state index is 0.267. The van der Waals surface area contributed by atoms with E-state index in [0.29, 0.717) is 23.4 Å². The van der Waals surface area contributed by atoms with Crippen molar-refractivity contribution < 1.29 is 18.3 Å². The number of hydrogen-bond donors (Lipinski definition) is 1. The summed E-state index contributed by atoms with van der Waals surface area (Å²) in [6.45, 7) is 0.267. The molecule has 3 aromatic rings. The van der Waals surface area contributed by atoms with Crippen LogP contribution < -0.4 is 10.1 Å². The Morgan fingerprint density at radius 3 is 2.76 bits per heavy atom. The Kier molecular flexibility index (Phi) is 5.29. The van der Waals surface area contributed by atoms with Crippen molar-refractivity contribution in [2.75, 3.05) is 6.54 Å². The van der Waals surface area contributed by atoms with Crippen LogP contribution in [0.1, 0.15) is 11.1 Å². The van der Waals surface area contributed by atoms with E-state index in [4.69, 9.17) is 4.74 Å². The van der Waals surface area contributed by atoms with E-state index in [9.17, 15) is 13.6 Å². The van der Waals surface area contributed by atoms with Crippen LogP contribution in [0.25, 0.3) is 17.3 Å².